The zero-order valence-corrected chi connectivity index (χ0v) is 18.5. The van der Waals surface area contributed by atoms with E-state index in [1.807, 2.05) is 77.7 Å². The van der Waals surface area contributed by atoms with Crippen LogP contribution in [0.3, 0.4) is 0 Å². The maximum absolute atomic E-state index is 13.2. The third-order valence-corrected chi connectivity index (χ3v) is 6.47. The van der Waals surface area contributed by atoms with Gasteiger partial charge in [0, 0.05) is 60.2 Å². The largest absolute Gasteiger partial charge is 0.368 e. The maximum atomic E-state index is 13.2. The summed E-state index contributed by atoms with van der Waals surface area (Å²) in [6.07, 6.45) is 0.806. The summed E-state index contributed by atoms with van der Waals surface area (Å²) < 4.78 is 0. The van der Waals surface area contributed by atoms with Crippen molar-refractivity contribution in [3.05, 3.63) is 94.5 Å². The predicted molar refractivity (Wildman–Crippen MR) is 128 cm³/mol. The third kappa shape index (κ3) is 3.96. The van der Waals surface area contributed by atoms with Crippen molar-refractivity contribution in [2.75, 3.05) is 42.5 Å². The van der Waals surface area contributed by atoms with E-state index in [0.717, 1.165) is 36.4 Å². The van der Waals surface area contributed by atoms with Crippen molar-refractivity contribution in [1.82, 2.24) is 4.90 Å². The Hall–Kier alpha value is -3.31. The van der Waals surface area contributed by atoms with E-state index in [4.69, 9.17) is 11.6 Å². The lowest BCUT2D eigenvalue weighted by Crippen LogP contribution is -2.48. The van der Waals surface area contributed by atoms with Crippen LogP contribution in [0.2, 0.25) is 5.02 Å². The van der Waals surface area contributed by atoms with Crippen molar-refractivity contribution in [3.8, 4) is 0 Å². The Labute approximate surface area is 192 Å². The molecule has 0 atom stereocenters. The monoisotopic (exact) mass is 445 g/mol. The second kappa shape index (κ2) is 8.67. The van der Waals surface area contributed by atoms with E-state index in [9.17, 15) is 9.59 Å². The topological polar surface area (TPSA) is 43.9 Å². The summed E-state index contributed by atoms with van der Waals surface area (Å²) in [5.74, 6) is -0.0124. The van der Waals surface area contributed by atoms with Crippen LogP contribution in [0.25, 0.3) is 0 Å². The summed E-state index contributed by atoms with van der Waals surface area (Å²) in [5.41, 5.74) is 4.33. The normalized spacial score (nSPS) is 15.6. The zero-order chi connectivity index (χ0) is 22.1. The molecule has 0 radical (unpaired) electrons. The molecule has 0 saturated carbocycles. The number of benzene rings is 3. The molecule has 0 unspecified atom stereocenters. The SMILES string of the molecule is O=C(c1ccc2c(c1)N(C(=O)c1ccccc1)CC2)N1CCN(c2cccc(Cl)c2)CC1. The lowest BCUT2D eigenvalue weighted by molar-refractivity contribution is 0.0746. The average molecular weight is 446 g/mol. The molecule has 2 aliphatic heterocycles. The van der Waals surface area contributed by atoms with Gasteiger partial charge in [-0.15, -0.1) is 0 Å². The van der Waals surface area contributed by atoms with E-state index < -0.39 is 0 Å². The Morgan fingerprint density at radius 2 is 1.50 bits per heavy atom. The van der Waals surface area contributed by atoms with Gasteiger partial charge < -0.3 is 14.7 Å². The van der Waals surface area contributed by atoms with Crippen molar-refractivity contribution in [2.45, 2.75) is 6.42 Å². The van der Waals surface area contributed by atoms with E-state index in [1.54, 1.807) is 4.90 Å². The third-order valence-electron chi connectivity index (χ3n) is 6.23. The molecule has 0 bridgehead atoms. The average Bonchev–Trinajstić information content (AvgIpc) is 3.27. The van der Waals surface area contributed by atoms with Gasteiger partial charge in [-0.1, -0.05) is 41.9 Å². The van der Waals surface area contributed by atoms with Gasteiger partial charge in [-0.2, -0.15) is 0 Å². The molecule has 0 N–H and O–H groups in total. The van der Waals surface area contributed by atoms with E-state index in [-0.39, 0.29) is 11.8 Å². The first-order valence-corrected chi connectivity index (χ1v) is 11.3. The lowest BCUT2D eigenvalue weighted by Gasteiger charge is -2.36. The van der Waals surface area contributed by atoms with E-state index in [0.29, 0.717) is 35.8 Å². The molecule has 0 aromatic heterocycles. The van der Waals surface area contributed by atoms with Crippen molar-refractivity contribution in [3.63, 3.8) is 0 Å². The molecule has 6 heteroatoms. The van der Waals surface area contributed by atoms with Crippen LogP contribution in [0, 0.1) is 0 Å². The molecular weight excluding hydrogens is 422 g/mol. The summed E-state index contributed by atoms with van der Waals surface area (Å²) in [6.45, 7) is 3.45. The minimum absolute atomic E-state index is 0.0116. The number of fused-ring (bicyclic) bond motifs is 1. The van der Waals surface area contributed by atoms with Gasteiger partial charge in [0.05, 0.1) is 0 Å². The summed E-state index contributed by atoms with van der Waals surface area (Å²) in [5, 5.41) is 0.716. The minimum Gasteiger partial charge on any atom is -0.368 e. The first kappa shape index (κ1) is 20.6. The van der Waals surface area contributed by atoms with Crippen LogP contribution in [0.4, 0.5) is 11.4 Å². The van der Waals surface area contributed by atoms with Crippen molar-refractivity contribution >= 4 is 34.8 Å². The number of carbonyl (C=O) groups is 2. The van der Waals surface area contributed by atoms with Crippen LogP contribution in [0.5, 0.6) is 0 Å². The molecule has 0 spiro atoms. The smallest absolute Gasteiger partial charge is 0.258 e. The van der Waals surface area contributed by atoms with Gasteiger partial charge in [0.25, 0.3) is 11.8 Å². The number of nitrogens with zero attached hydrogens (tertiary/aromatic N) is 3. The molecule has 5 rings (SSSR count). The molecular formula is C26H24ClN3O2. The highest BCUT2D eigenvalue weighted by molar-refractivity contribution is 6.30. The van der Waals surface area contributed by atoms with Gasteiger partial charge >= 0.3 is 0 Å². The Morgan fingerprint density at radius 3 is 2.25 bits per heavy atom. The van der Waals surface area contributed by atoms with Crippen LogP contribution in [0.15, 0.2) is 72.8 Å². The number of rotatable bonds is 3. The quantitative estimate of drug-likeness (QED) is 0.596. The highest BCUT2D eigenvalue weighted by atomic mass is 35.5. The van der Waals surface area contributed by atoms with Crippen molar-refractivity contribution in [1.29, 1.82) is 0 Å². The Morgan fingerprint density at radius 1 is 0.719 bits per heavy atom. The highest BCUT2D eigenvalue weighted by Crippen LogP contribution is 2.31. The maximum Gasteiger partial charge on any atom is 0.258 e. The molecule has 1 saturated heterocycles. The summed E-state index contributed by atoms with van der Waals surface area (Å²) in [6, 6.07) is 22.9. The predicted octanol–water partition coefficient (Wildman–Crippen LogP) is 4.51. The summed E-state index contributed by atoms with van der Waals surface area (Å²) in [4.78, 5) is 32.2. The molecule has 162 valence electrons. The second-order valence-electron chi connectivity index (χ2n) is 8.18. The molecule has 32 heavy (non-hydrogen) atoms. The Balaban J connectivity index is 1.30. The first-order valence-electron chi connectivity index (χ1n) is 10.9. The summed E-state index contributed by atoms with van der Waals surface area (Å²) in [7, 11) is 0. The van der Waals surface area contributed by atoms with Gasteiger partial charge in [0.2, 0.25) is 0 Å². The molecule has 3 aromatic rings. The Bertz CT molecular complexity index is 1160. The fourth-order valence-electron chi connectivity index (χ4n) is 4.48. The molecule has 3 aromatic carbocycles. The number of hydrogen-bond donors (Lipinski definition) is 0. The number of amides is 2. The van der Waals surface area contributed by atoms with Crippen LogP contribution in [-0.4, -0.2) is 49.4 Å². The van der Waals surface area contributed by atoms with Gasteiger partial charge in [-0.25, -0.2) is 0 Å². The highest BCUT2D eigenvalue weighted by Gasteiger charge is 2.28. The van der Waals surface area contributed by atoms with Crippen molar-refractivity contribution < 1.29 is 9.59 Å². The first-order chi connectivity index (χ1) is 15.6. The number of carbonyl (C=O) groups excluding carboxylic acids is 2. The minimum atomic E-state index is -0.0240. The lowest BCUT2D eigenvalue weighted by atomic mass is 10.1. The van der Waals surface area contributed by atoms with Crippen LogP contribution in [0.1, 0.15) is 26.3 Å². The van der Waals surface area contributed by atoms with Crippen molar-refractivity contribution in [2.24, 2.45) is 0 Å². The molecule has 2 amide bonds. The van der Waals surface area contributed by atoms with Gasteiger partial charge in [0.1, 0.15) is 0 Å². The number of hydrogen-bond acceptors (Lipinski definition) is 3. The summed E-state index contributed by atoms with van der Waals surface area (Å²) >= 11 is 6.12. The zero-order valence-electron chi connectivity index (χ0n) is 17.7. The van der Waals surface area contributed by atoms with Gasteiger partial charge in [0.15, 0.2) is 0 Å². The van der Waals surface area contributed by atoms with E-state index >= 15 is 0 Å². The van der Waals surface area contributed by atoms with Crippen LogP contribution in [-0.2, 0) is 6.42 Å². The molecule has 2 aliphatic rings. The fraction of sp³-hybridized carbons (Fsp3) is 0.231. The number of anilines is 2. The number of halogens is 1. The standard InChI is InChI=1S/C26H24ClN3O2/c27-22-7-4-8-23(18-22)28-13-15-29(16-14-28)25(31)21-10-9-19-11-12-30(24(19)17-21)26(32)20-5-2-1-3-6-20/h1-10,17-18H,11-16H2. The Kier molecular flexibility index (Phi) is 5.58. The number of piperazine rings is 1. The second-order valence-corrected chi connectivity index (χ2v) is 8.61. The van der Waals surface area contributed by atoms with Crippen LogP contribution < -0.4 is 9.80 Å². The van der Waals surface area contributed by atoms with E-state index in [2.05, 4.69) is 4.90 Å². The fourth-order valence-corrected chi connectivity index (χ4v) is 4.67. The molecule has 1 fully saturated rings. The van der Waals surface area contributed by atoms with Crippen LogP contribution >= 0.6 is 11.6 Å². The van der Waals surface area contributed by atoms with Gasteiger partial charge in [-0.05, 0) is 54.4 Å². The molecule has 2 heterocycles. The van der Waals surface area contributed by atoms with E-state index in [1.165, 1.54) is 0 Å². The molecule has 5 nitrogen and oxygen atoms in total. The van der Waals surface area contributed by atoms with Gasteiger partial charge in [-0.3, -0.25) is 9.59 Å². The molecule has 0 aliphatic carbocycles.